The molecule has 0 aromatic rings. The molecule has 2 rings (SSSR count). The molecule has 106 valence electrons. The van der Waals surface area contributed by atoms with E-state index in [1.54, 1.807) is 4.31 Å². The topological polar surface area (TPSA) is 49.4 Å². The zero-order valence-corrected chi connectivity index (χ0v) is 12.6. The van der Waals surface area contributed by atoms with Crippen molar-refractivity contribution in [1.29, 1.82) is 0 Å². The number of sulfonamides is 1. The van der Waals surface area contributed by atoms with Crippen LogP contribution in [0.1, 0.15) is 32.1 Å². The van der Waals surface area contributed by atoms with Crippen molar-refractivity contribution in [3.63, 3.8) is 0 Å². The molecule has 1 aliphatic heterocycles. The summed E-state index contributed by atoms with van der Waals surface area (Å²) >= 11 is 1.86. The summed E-state index contributed by atoms with van der Waals surface area (Å²) in [7, 11) is -3.00. The summed E-state index contributed by atoms with van der Waals surface area (Å²) in [6.45, 7) is 2.39. The molecule has 0 amide bonds. The van der Waals surface area contributed by atoms with Gasteiger partial charge in [0.25, 0.3) is 0 Å². The van der Waals surface area contributed by atoms with E-state index in [2.05, 4.69) is 5.32 Å². The minimum Gasteiger partial charge on any atom is -0.314 e. The molecule has 1 N–H and O–H groups in total. The first-order valence-electron chi connectivity index (χ1n) is 6.97. The molecular weight excluding hydrogens is 268 g/mol. The maximum Gasteiger partial charge on any atom is 0.214 e. The molecule has 6 heteroatoms. The van der Waals surface area contributed by atoms with E-state index >= 15 is 0 Å². The fourth-order valence-electron chi connectivity index (χ4n) is 2.13. The molecule has 1 aliphatic carbocycles. The van der Waals surface area contributed by atoms with Crippen LogP contribution in [0.5, 0.6) is 0 Å². The van der Waals surface area contributed by atoms with Crippen molar-refractivity contribution in [1.82, 2.24) is 9.62 Å². The van der Waals surface area contributed by atoms with E-state index in [0.29, 0.717) is 12.3 Å². The Kier molecular flexibility index (Phi) is 5.79. The Morgan fingerprint density at radius 3 is 2.78 bits per heavy atom. The van der Waals surface area contributed by atoms with Crippen LogP contribution in [0.25, 0.3) is 0 Å². The van der Waals surface area contributed by atoms with Gasteiger partial charge in [0.05, 0.1) is 5.75 Å². The SMILES string of the molecule is O=S(=O)(CCCCNC1CC1)N1CCCSCC1. The third kappa shape index (κ3) is 5.07. The maximum absolute atomic E-state index is 12.1. The number of nitrogens with one attached hydrogen (secondary N) is 1. The number of hydrogen-bond donors (Lipinski definition) is 1. The molecule has 4 nitrogen and oxygen atoms in total. The van der Waals surface area contributed by atoms with Crippen LogP contribution >= 0.6 is 11.8 Å². The first-order valence-corrected chi connectivity index (χ1v) is 9.74. The van der Waals surface area contributed by atoms with Gasteiger partial charge < -0.3 is 5.32 Å². The highest BCUT2D eigenvalue weighted by Gasteiger charge is 2.23. The zero-order valence-electron chi connectivity index (χ0n) is 10.9. The highest BCUT2D eigenvalue weighted by atomic mass is 32.2. The van der Waals surface area contributed by atoms with Crippen molar-refractivity contribution in [3.8, 4) is 0 Å². The van der Waals surface area contributed by atoms with Gasteiger partial charge in [-0.05, 0) is 44.4 Å². The van der Waals surface area contributed by atoms with Crippen LogP contribution < -0.4 is 5.32 Å². The maximum atomic E-state index is 12.1. The van der Waals surface area contributed by atoms with Gasteiger partial charge in [-0.1, -0.05) is 0 Å². The van der Waals surface area contributed by atoms with E-state index in [-0.39, 0.29) is 0 Å². The molecule has 1 heterocycles. The van der Waals surface area contributed by atoms with Crippen LogP contribution in [-0.4, -0.2) is 55.7 Å². The summed E-state index contributed by atoms with van der Waals surface area (Å²) in [5.41, 5.74) is 0. The van der Waals surface area contributed by atoms with Crippen LogP contribution in [0.3, 0.4) is 0 Å². The molecular formula is C12H24N2O2S2. The number of unbranched alkanes of at least 4 members (excludes halogenated alkanes) is 1. The molecule has 0 spiro atoms. The standard InChI is InChI=1S/C12H24N2O2S2/c15-18(16,14-7-3-9-17-10-8-14)11-2-1-6-13-12-4-5-12/h12-13H,1-11H2. The summed E-state index contributed by atoms with van der Waals surface area (Å²) in [6.07, 6.45) is 5.34. The largest absolute Gasteiger partial charge is 0.314 e. The third-order valence-corrected chi connectivity index (χ3v) is 6.42. The molecule has 0 atom stereocenters. The predicted octanol–water partition coefficient (Wildman–Crippen LogP) is 1.29. The highest BCUT2D eigenvalue weighted by Crippen LogP contribution is 2.18. The van der Waals surface area contributed by atoms with Crippen LogP contribution in [0, 0.1) is 0 Å². The van der Waals surface area contributed by atoms with Gasteiger partial charge in [-0.3, -0.25) is 0 Å². The van der Waals surface area contributed by atoms with E-state index in [0.717, 1.165) is 49.9 Å². The van der Waals surface area contributed by atoms with Gasteiger partial charge in [0, 0.05) is 24.9 Å². The molecule has 0 unspecified atom stereocenters. The number of thioether (sulfide) groups is 1. The Labute approximate surface area is 115 Å². The van der Waals surface area contributed by atoms with Crippen LogP contribution in [-0.2, 0) is 10.0 Å². The molecule has 2 aliphatic rings. The fourth-order valence-corrected chi connectivity index (χ4v) is 4.74. The van der Waals surface area contributed by atoms with Crippen molar-refractivity contribution < 1.29 is 8.42 Å². The van der Waals surface area contributed by atoms with Gasteiger partial charge in [-0.25, -0.2) is 12.7 Å². The monoisotopic (exact) mass is 292 g/mol. The molecule has 1 saturated carbocycles. The molecule has 0 radical (unpaired) electrons. The van der Waals surface area contributed by atoms with Gasteiger partial charge >= 0.3 is 0 Å². The molecule has 0 aromatic heterocycles. The lowest BCUT2D eigenvalue weighted by molar-refractivity contribution is 0.433. The second-order valence-electron chi connectivity index (χ2n) is 5.12. The van der Waals surface area contributed by atoms with Crippen molar-refractivity contribution in [2.24, 2.45) is 0 Å². The Hall–Kier alpha value is 0.220. The quantitative estimate of drug-likeness (QED) is 0.718. The number of nitrogens with zero attached hydrogens (tertiary/aromatic N) is 1. The van der Waals surface area contributed by atoms with Gasteiger partial charge in [0.1, 0.15) is 0 Å². The summed E-state index contributed by atoms with van der Waals surface area (Å²) < 4.78 is 26.0. The van der Waals surface area contributed by atoms with Gasteiger partial charge in [0.15, 0.2) is 0 Å². The number of hydrogen-bond acceptors (Lipinski definition) is 4. The van der Waals surface area contributed by atoms with E-state index in [4.69, 9.17) is 0 Å². The lowest BCUT2D eigenvalue weighted by Crippen LogP contribution is -2.35. The average molecular weight is 292 g/mol. The lowest BCUT2D eigenvalue weighted by atomic mass is 10.3. The summed E-state index contributed by atoms with van der Waals surface area (Å²) in [5, 5.41) is 3.42. The third-order valence-electron chi connectivity index (χ3n) is 3.41. The minimum atomic E-state index is -3.00. The summed E-state index contributed by atoms with van der Waals surface area (Å²) in [5.74, 6) is 2.36. The van der Waals surface area contributed by atoms with Crippen LogP contribution in [0.4, 0.5) is 0 Å². The van der Waals surface area contributed by atoms with Crippen LogP contribution in [0.2, 0.25) is 0 Å². The summed E-state index contributed by atoms with van der Waals surface area (Å²) in [6, 6.07) is 0.726. The van der Waals surface area contributed by atoms with Gasteiger partial charge in [0.2, 0.25) is 10.0 Å². The Bertz CT molecular complexity index is 334. The van der Waals surface area contributed by atoms with Crippen LogP contribution in [0.15, 0.2) is 0 Å². The Balaban J connectivity index is 1.64. The van der Waals surface area contributed by atoms with Gasteiger partial charge in [-0.15, -0.1) is 0 Å². The Morgan fingerprint density at radius 1 is 1.17 bits per heavy atom. The van der Waals surface area contributed by atoms with E-state index in [1.807, 2.05) is 11.8 Å². The molecule has 0 aromatic carbocycles. The number of rotatable bonds is 7. The summed E-state index contributed by atoms with van der Waals surface area (Å²) in [4.78, 5) is 0. The van der Waals surface area contributed by atoms with Crippen molar-refractivity contribution in [2.45, 2.75) is 38.1 Å². The van der Waals surface area contributed by atoms with E-state index in [1.165, 1.54) is 12.8 Å². The van der Waals surface area contributed by atoms with Crippen molar-refractivity contribution in [3.05, 3.63) is 0 Å². The first kappa shape index (κ1) is 14.6. The lowest BCUT2D eigenvalue weighted by Gasteiger charge is -2.19. The zero-order chi connectivity index (χ0) is 12.8. The molecule has 1 saturated heterocycles. The molecule has 0 bridgehead atoms. The average Bonchev–Trinajstić information content (AvgIpc) is 3.15. The second-order valence-corrected chi connectivity index (χ2v) is 8.43. The van der Waals surface area contributed by atoms with Gasteiger partial charge in [-0.2, -0.15) is 11.8 Å². The van der Waals surface area contributed by atoms with E-state index < -0.39 is 10.0 Å². The van der Waals surface area contributed by atoms with Crippen molar-refractivity contribution in [2.75, 3.05) is 36.9 Å². The highest BCUT2D eigenvalue weighted by molar-refractivity contribution is 7.99. The van der Waals surface area contributed by atoms with E-state index in [9.17, 15) is 8.42 Å². The normalized spacial score (nSPS) is 22.9. The molecule has 18 heavy (non-hydrogen) atoms. The second kappa shape index (κ2) is 7.12. The minimum absolute atomic E-state index is 0.323. The van der Waals surface area contributed by atoms with Crippen molar-refractivity contribution >= 4 is 21.8 Å². The first-order chi connectivity index (χ1) is 8.68. The molecule has 2 fully saturated rings. The smallest absolute Gasteiger partial charge is 0.214 e. The Morgan fingerprint density at radius 2 is 2.00 bits per heavy atom. The predicted molar refractivity (Wildman–Crippen MR) is 77.6 cm³/mol. The fraction of sp³-hybridized carbons (Fsp3) is 1.00.